The Morgan fingerprint density at radius 3 is 2.30 bits per heavy atom. The zero-order valence-electron chi connectivity index (χ0n) is 12.2. The van der Waals surface area contributed by atoms with Crippen molar-refractivity contribution in [2.45, 2.75) is 39.0 Å². The first-order chi connectivity index (χ1) is 9.65. The summed E-state index contributed by atoms with van der Waals surface area (Å²) >= 11 is 0. The van der Waals surface area contributed by atoms with Crippen molar-refractivity contribution in [1.29, 1.82) is 0 Å². The Hall–Kier alpha value is -1.84. The summed E-state index contributed by atoms with van der Waals surface area (Å²) in [7, 11) is 2.78. The zero-order chi connectivity index (χ0) is 14.7. The number of rotatable bonds is 5. The van der Waals surface area contributed by atoms with E-state index in [1.807, 2.05) is 0 Å². The molecule has 0 spiro atoms. The van der Waals surface area contributed by atoms with Crippen LogP contribution >= 0.6 is 0 Å². The molecular formula is C16H20O4. The summed E-state index contributed by atoms with van der Waals surface area (Å²) in [6.45, 7) is 2.13. The summed E-state index contributed by atoms with van der Waals surface area (Å²) in [5.41, 5.74) is 2.11. The van der Waals surface area contributed by atoms with Gasteiger partial charge in [-0.05, 0) is 24.8 Å². The quantitative estimate of drug-likeness (QED) is 0.572. The minimum Gasteiger partial charge on any atom is -0.489 e. The Morgan fingerprint density at radius 2 is 1.70 bits per heavy atom. The minimum absolute atomic E-state index is 0.0274. The van der Waals surface area contributed by atoms with Gasteiger partial charge < -0.3 is 9.47 Å². The molecule has 0 bridgehead atoms. The van der Waals surface area contributed by atoms with Gasteiger partial charge in [0, 0.05) is 11.1 Å². The van der Waals surface area contributed by atoms with Gasteiger partial charge in [0.1, 0.15) is 0 Å². The Morgan fingerprint density at radius 1 is 1.05 bits per heavy atom. The second-order valence-electron chi connectivity index (χ2n) is 4.95. The van der Waals surface area contributed by atoms with E-state index in [0.29, 0.717) is 17.6 Å². The lowest BCUT2D eigenvalue weighted by Gasteiger charge is -2.18. The topological polar surface area (TPSA) is 52.6 Å². The van der Waals surface area contributed by atoms with E-state index >= 15 is 0 Å². The third-order valence-electron chi connectivity index (χ3n) is 3.74. The van der Waals surface area contributed by atoms with Gasteiger partial charge in [0.25, 0.3) is 0 Å². The molecule has 0 amide bonds. The molecule has 0 aromatic heterocycles. The van der Waals surface area contributed by atoms with E-state index in [1.54, 1.807) is 0 Å². The molecule has 108 valence electrons. The molecule has 2 rings (SSSR count). The standard InChI is InChI=1S/C16H20O4/c1-4-5-6-7-10-8-9-11-12(10)14(18)16(20-3)15(19-2)13(11)17/h7H,4-6,8-9H2,1-3H3/b10-7+. The molecule has 0 saturated heterocycles. The monoisotopic (exact) mass is 276 g/mol. The summed E-state index contributed by atoms with van der Waals surface area (Å²) < 4.78 is 10.1. The van der Waals surface area contributed by atoms with E-state index in [1.165, 1.54) is 14.2 Å². The van der Waals surface area contributed by atoms with Crippen LogP contribution in [0.2, 0.25) is 0 Å². The van der Waals surface area contributed by atoms with Gasteiger partial charge >= 0.3 is 0 Å². The average molecular weight is 276 g/mol. The highest BCUT2D eigenvalue weighted by Crippen LogP contribution is 2.39. The molecule has 0 aliphatic heterocycles. The van der Waals surface area contributed by atoms with E-state index in [4.69, 9.17) is 9.47 Å². The maximum Gasteiger partial charge on any atom is 0.232 e. The first kappa shape index (κ1) is 14.6. The second kappa shape index (κ2) is 6.07. The molecule has 0 saturated carbocycles. The Kier molecular flexibility index (Phi) is 4.42. The molecule has 0 aromatic carbocycles. The summed E-state index contributed by atoms with van der Waals surface area (Å²) in [4.78, 5) is 24.8. The molecular weight excluding hydrogens is 256 g/mol. The van der Waals surface area contributed by atoms with E-state index in [-0.39, 0.29) is 23.1 Å². The molecule has 0 aromatic rings. The third kappa shape index (κ3) is 2.30. The van der Waals surface area contributed by atoms with E-state index in [2.05, 4.69) is 13.0 Å². The molecule has 2 aliphatic carbocycles. The van der Waals surface area contributed by atoms with Crippen LogP contribution < -0.4 is 0 Å². The number of hydrogen-bond acceptors (Lipinski definition) is 4. The van der Waals surface area contributed by atoms with Gasteiger partial charge in [-0.3, -0.25) is 9.59 Å². The van der Waals surface area contributed by atoms with Crippen molar-refractivity contribution in [3.8, 4) is 0 Å². The minimum atomic E-state index is -0.223. The van der Waals surface area contributed by atoms with Crippen LogP contribution in [-0.2, 0) is 19.1 Å². The molecule has 2 aliphatic rings. The van der Waals surface area contributed by atoms with Crippen LogP contribution in [0.5, 0.6) is 0 Å². The highest BCUT2D eigenvalue weighted by atomic mass is 16.5. The number of Topliss-reactive ketones (excluding diaryl/α,β-unsaturated/α-hetero) is 2. The number of allylic oxidation sites excluding steroid dienone is 4. The number of hydrogen-bond donors (Lipinski definition) is 0. The van der Waals surface area contributed by atoms with Crippen LogP contribution in [0.25, 0.3) is 0 Å². The lowest BCUT2D eigenvalue weighted by atomic mass is 9.92. The lowest BCUT2D eigenvalue weighted by Crippen LogP contribution is -2.24. The van der Waals surface area contributed by atoms with Crippen molar-refractivity contribution in [2.24, 2.45) is 0 Å². The normalized spacial score (nSPS) is 20.9. The molecule has 4 nitrogen and oxygen atoms in total. The average Bonchev–Trinajstić information content (AvgIpc) is 2.87. The van der Waals surface area contributed by atoms with E-state index in [9.17, 15) is 9.59 Å². The smallest absolute Gasteiger partial charge is 0.232 e. The van der Waals surface area contributed by atoms with Gasteiger partial charge in [-0.2, -0.15) is 0 Å². The molecule has 0 unspecified atom stereocenters. The van der Waals surface area contributed by atoms with E-state index in [0.717, 1.165) is 31.3 Å². The fourth-order valence-corrected chi connectivity index (χ4v) is 2.73. The van der Waals surface area contributed by atoms with Gasteiger partial charge in [-0.25, -0.2) is 0 Å². The highest BCUT2D eigenvalue weighted by Gasteiger charge is 2.40. The molecule has 0 N–H and O–H groups in total. The third-order valence-corrected chi connectivity index (χ3v) is 3.74. The van der Waals surface area contributed by atoms with Crippen molar-refractivity contribution >= 4 is 11.6 Å². The maximum atomic E-state index is 12.5. The lowest BCUT2D eigenvalue weighted by molar-refractivity contribution is -0.120. The van der Waals surface area contributed by atoms with Crippen LogP contribution in [0.15, 0.2) is 34.3 Å². The van der Waals surface area contributed by atoms with Crippen molar-refractivity contribution in [1.82, 2.24) is 0 Å². The largest absolute Gasteiger partial charge is 0.489 e. The van der Waals surface area contributed by atoms with Gasteiger partial charge in [-0.15, -0.1) is 0 Å². The van der Waals surface area contributed by atoms with Crippen molar-refractivity contribution < 1.29 is 19.1 Å². The molecule has 20 heavy (non-hydrogen) atoms. The number of carbonyl (C=O) groups excluding carboxylic acids is 2. The first-order valence-electron chi connectivity index (χ1n) is 6.99. The molecule has 0 fully saturated rings. The summed E-state index contributed by atoms with van der Waals surface area (Å²) in [6, 6.07) is 0. The number of unbranched alkanes of at least 4 members (excludes halogenated alkanes) is 2. The van der Waals surface area contributed by atoms with Crippen molar-refractivity contribution in [3.05, 3.63) is 34.3 Å². The van der Waals surface area contributed by atoms with Gasteiger partial charge in [0.15, 0.2) is 0 Å². The Bertz CT molecular complexity index is 535. The highest BCUT2D eigenvalue weighted by molar-refractivity contribution is 6.26. The number of carbonyl (C=O) groups is 2. The molecule has 4 heteroatoms. The number of ether oxygens (including phenoxy) is 2. The zero-order valence-corrected chi connectivity index (χ0v) is 12.2. The predicted octanol–water partition coefficient (Wildman–Crippen LogP) is 2.85. The van der Waals surface area contributed by atoms with Crippen molar-refractivity contribution in [3.63, 3.8) is 0 Å². The molecule has 0 atom stereocenters. The summed E-state index contributed by atoms with van der Waals surface area (Å²) in [5.74, 6) is -0.373. The van der Waals surface area contributed by atoms with Crippen LogP contribution in [0.1, 0.15) is 39.0 Å². The van der Waals surface area contributed by atoms with Crippen molar-refractivity contribution in [2.75, 3.05) is 14.2 Å². The fourth-order valence-electron chi connectivity index (χ4n) is 2.73. The molecule has 0 radical (unpaired) electrons. The van der Waals surface area contributed by atoms with Crippen LogP contribution in [0.4, 0.5) is 0 Å². The van der Waals surface area contributed by atoms with Crippen LogP contribution in [0, 0.1) is 0 Å². The van der Waals surface area contributed by atoms with Gasteiger partial charge in [-0.1, -0.05) is 25.8 Å². The first-order valence-corrected chi connectivity index (χ1v) is 6.99. The number of ketones is 2. The maximum absolute atomic E-state index is 12.5. The predicted molar refractivity (Wildman–Crippen MR) is 74.9 cm³/mol. The summed E-state index contributed by atoms with van der Waals surface area (Å²) in [6.07, 6.45) is 6.58. The fraction of sp³-hybridized carbons (Fsp3) is 0.500. The Labute approximate surface area is 119 Å². The Balaban J connectivity index is 2.37. The van der Waals surface area contributed by atoms with Gasteiger partial charge in [0.05, 0.1) is 14.2 Å². The van der Waals surface area contributed by atoms with Gasteiger partial charge in [0.2, 0.25) is 23.1 Å². The second-order valence-corrected chi connectivity index (χ2v) is 4.95. The molecule has 0 heterocycles. The van der Waals surface area contributed by atoms with E-state index < -0.39 is 0 Å². The van der Waals surface area contributed by atoms with Crippen LogP contribution in [-0.4, -0.2) is 25.8 Å². The summed E-state index contributed by atoms with van der Waals surface area (Å²) in [5, 5.41) is 0. The van der Waals surface area contributed by atoms with Crippen LogP contribution in [0.3, 0.4) is 0 Å². The number of methoxy groups -OCH3 is 2. The SMILES string of the molecule is CCCC/C=C1\CCC2=C1C(=O)C(OC)=C(OC)C2=O.